The molecule has 1 aromatic carbocycles. The molecule has 0 aliphatic heterocycles. The van der Waals surface area contributed by atoms with Gasteiger partial charge in [-0.3, -0.25) is 4.72 Å². The zero-order chi connectivity index (χ0) is 18.7. The van der Waals surface area contributed by atoms with E-state index in [0.29, 0.717) is 5.82 Å². The number of thiophene rings is 1. The van der Waals surface area contributed by atoms with Gasteiger partial charge in [-0.1, -0.05) is 13.0 Å². The van der Waals surface area contributed by atoms with E-state index in [1.165, 1.54) is 11.3 Å². The predicted molar refractivity (Wildman–Crippen MR) is 106 cm³/mol. The lowest BCUT2D eigenvalue weighted by molar-refractivity contribution is 0.603. The normalized spacial score (nSPS) is 11.3. The number of hydrogen-bond donors (Lipinski definition) is 2. The Bertz CT molecular complexity index is 992. The highest BCUT2D eigenvalue weighted by Crippen LogP contribution is 2.24. The van der Waals surface area contributed by atoms with Crippen LogP contribution < -0.4 is 10.0 Å². The largest absolute Gasteiger partial charge is 0.339 e. The molecule has 6 nitrogen and oxygen atoms in total. The molecule has 0 atom stereocenters. The summed E-state index contributed by atoms with van der Waals surface area (Å²) >= 11 is 1.26. The minimum absolute atomic E-state index is 0.183. The summed E-state index contributed by atoms with van der Waals surface area (Å²) in [5, 5.41) is 11.2. The molecular formula is C18H20N4O2S2. The second kappa shape index (κ2) is 7.43. The van der Waals surface area contributed by atoms with E-state index in [1.54, 1.807) is 18.2 Å². The van der Waals surface area contributed by atoms with E-state index in [4.69, 9.17) is 0 Å². The number of rotatable bonds is 6. The van der Waals surface area contributed by atoms with Crippen LogP contribution in [0.1, 0.15) is 22.9 Å². The van der Waals surface area contributed by atoms with Crippen LogP contribution in [0.3, 0.4) is 0 Å². The van der Waals surface area contributed by atoms with Gasteiger partial charge in [0, 0.05) is 10.6 Å². The second-order valence-electron chi connectivity index (χ2n) is 5.98. The number of aryl methyl sites for hydroxylation is 3. The molecule has 2 heterocycles. The molecule has 0 aliphatic carbocycles. The van der Waals surface area contributed by atoms with Crippen molar-refractivity contribution in [1.82, 2.24) is 10.2 Å². The van der Waals surface area contributed by atoms with Crippen molar-refractivity contribution in [1.29, 1.82) is 0 Å². The van der Waals surface area contributed by atoms with Crippen molar-refractivity contribution in [2.45, 2.75) is 31.4 Å². The minimum atomic E-state index is -3.64. The van der Waals surface area contributed by atoms with Gasteiger partial charge in [0.25, 0.3) is 10.0 Å². The Hall–Kier alpha value is -2.45. The van der Waals surface area contributed by atoms with Crippen LogP contribution in [0.25, 0.3) is 0 Å². The first kappa shape index (κ1) is 18.3. The molecule has 0 radical (unpaired) electrons. The summed E-state index contributed by atoms with van der Waals surface area (Å²) in [5.74, 6) is 0.727. The fourth-order valence-electron chi connectivity index (χ4n) is 2.53. The first-order chi connectivity index (χ1) is 12.4. The Labute approximate surface area is 157 Å². The zero-order valence-electron chi connectivity index (χ0n) is 14.8. The molecule has 0 bridgehead atoms. The lowest BCUT2D eigenvalue weighted by Crippen LogP contribution is -2.13. The van der Waals surface area contributed by atoms with Crippen molar-refractivity contribution < 1.29 is 8.42 Å². The SMILES string of the molecule is CCc1ccc(S(=O)(=O)Nc2ccc(Nc3cc(C)cc(C)c3)nn2)s1. The summed E-state index contributed by atoms with van der Waals surface area (Å²) in [6.07, 6.45) is 0.804. The first-order valence-electron chi connectivity index (χ1n) is 8.16. The van der Waals surface area contributed by atoms with E-state index >= 15 is 0 Å². The van der Waals surface area contributed by atoms with E-state index in [2.05, 4.69) is 26.3 Å². The molecule has 2 N–H and O–H groups in total. The van der Waals surface area contributed by atoms with Gasteiger partial charge in [0.1, 0.15) is 4.21 Å². The fraction of sp³-hybridized carbons (Fsp3) is 0.222. The third kappa shape index (κ3) is 4.39. The number of nitrogens with zero attached hydrogens (tertiary/aromatic N) is 2. The highest BCUT2D eigenvalue weighted by atomic mass is 32.2. The van der Waals surface area contributed by atoms with Gasteiger partial charge in [0.2, 0.25) is 0 Å². The number of hydrogen-bond acceptors (Lipinski definition) is 6. The molecule has 0 spiro atoms. The average Bonchev–Trinajstić information content (AvgIpc) is 3.06. The number of benzene rings is 1. The lowest BCUT2D eigenvalue weighted by atomic mass is 10.1. The van der Waals surface area contributed by atoms with Gasteiger partial charge in [-0.15, -0.1) is 21.5 Å². The third-order valence-corrected chi connectivity index (χ3v) is 6.72. The van der Waals surface area contributed by atoms with Gasteiger partial charge in [-0.05, 0) is 67.8 Å². The molecule has 8 heteroatoms. The Morgan fingerprint density at radius 3 is 2.19 bits per heavy atom. The Kier molecular flexibility index (Phi) is 5.24. The molecule has 3 aromatic rings. The number of anilines is 3. The van der Waals surface area contributed by atoms with Gasteiger partial charge < -0.3 is 5.32 Å². The van der Waals surface area contributed by atoms with Crippen LogP contribution >= 0.6 is 11.3 Å². The smallest absolute Gasteiger partial charge is 0.272 e. The van der Waals surface area contributed by atoms with Crippen molar-refractivity contribution in [3.8, 4) is 0 Å². The Morgan fingerprint density at radius 1 is 0.962 bits per heavy atom. The molecule has 0 unspecified atom stereocenters. The van der Waals surface area contributed by atoms with Crippen molar-refractivity contribution in [3.05, 3.63) is 58.5 Å². The summed E-state index contributed by atoms with van der Waals surface area (Å²) < 4.78 is 27.5. The quantitative estimate of drug-likeness (QED) is 0.659. The summed E-state index contributed by atoms with van der Waals surface area (Å²) in [6, 6.07) is 12.8. The number of nitrogens with one attached hydrogen (secondary N) is 2. The third-order valence-electron chi connectivity index (χ3n) is 3.65. The lowest BCUT2D eigenvalue weighted by Gasteiger charge is -2.09. The maximum atomic E-state index is 12.4. The molecule has 0 saturated carbocycles. The molecule has 3 rings (SSSR count). The van der Waals surface area contributed by atoms with Crippen molar-refractivity contribution >= 4 is 38.7 Å². The van der Waals surface area contributed by atoms with Crippen LogP contribution in [0.15, 0.2) is 46.7 Å². The van der Waals surface area contributed by atoms with Gasteiger partial charge in [0.05, 0.1) is 0 Å². The van der Waals surface area contributed by atoms with Gasteiger partial charge in [-0.2, -0.15) is 0 Å². The second-order valence-corrected chi connectivity index (χ2v) is 9.06. The van der Waals surface area contributed by atoms with Crippen LogP contribution in [-0.4, -0.2) is 18.6 Å². The monoisotopic (exact) mass is 388 g/mol. The molecule has 26 heavy (non-hydrogen) atoms. The predicted octanol–water partition coefficient (Wildman–Crippen LogP) is 4.26. The molecule has 0 aliphatic rings. The fourth-order valence-corrected chi connectivity index (χ4v) is 4.82. The molecule has 0 fully saturated rings. The number of sulfonamides is 1. The molecule has 2 aromatic heterocycles. The Balaban J connectivity index is 1.73. The minimum Gasteiger partial charge on any atom is -0.339 e. The molecule has 136 valence electrons. The van der Waals surface area contributed by atoms with Crippen LogP contribution in [0.2, 0.25) is 0 Å². The van der Waals surface area contributed by atoms with E-state index in [0.717, 1.165) is 28.1 Å². The zero-order valence-corrected chi connectivity index (χ0v) is 16.4. The van der Waals surface area contributed by atoms with E-state index in [1.807, 2.05) is 39.0 Å². The molecule has 0 amide bonds. The summed E-state index contributed by atoms with van der Waals surface area (Å²) in [7, 11) is -3.64. The highest BCUT2D eigenvalue weighted by Gasteiger charge is 2.17. The molecule has 0 saturated heterocycles. The van der Waals surface area contributed by atoms with Crippen LogP contribution in [0, 0.1) is 13.8 Å². The van der Waals surface area contributed by atoms with Crippen molar-refractivity contribution in [2.24, 2.45) is 0 Å². The van der Waals surface area contributed by atoms with Gasteiger partial charge >= 0.3 is 0 Å². The number of aromatic nitrogens is 2. The highest BCUT2D eigenvalue weighted by molar-refractivity contribution is 7.94. The summed E-state index contributed by atoms with van der Waals surface area (Å²) in [6.45, 7) is 6.04. The maximum Gasteiger partial charge on any atom is 0.272 e. The van der Waals surface area contributed by atoms with Gasteiger partial charge in [0.15, 0.2) is 11.6 Å². The topological polar surface area (TPSA) is 84.0 Å². The van der Waals surface area contributed by atoms with Gasteiger partial charge in [-0.25, -0.2) is 8.42 Å². The van der Waals surface area contributed by atoms with E-state index in [-0.39, 0.29) is 10.0 Å². The van der Waals surface area contributed by atoms with Crippen molar-refractivity contribution in [2.75, 3.05) is 10.0 Å². The Morgan fingerprint density at radius 2 is 1.62 bits per heavy atom. The first-order valence-corrected chi connectivity index (χ1v) is 10.5. The van der Waals surface area contributed by atoms with Crippen molar-refractivity contribution in [3.63, 3.8) is 0 Å². The summed E-state index contributed by atoms with van der Waals surface area (Å²) in [4.78, 5) is 1.02. The van der Waals surface area contributed by atoms with E-state index < -0.39 is 10.0 Å². The summed E-state index contributed by atoms with van der Waals surface area (Å²) in [5.41, 5.74) is 3.20. The van der Waals surface area contributed by atoms with Crippen LogP contribution in [0.4, 0.5) is 17.3 Å². The van der Waals surface area contributed by atoms with Crippen LogP contribution in [0.5, 0.6) is 0 Å². The maximum absolute atomic E-state index is 12.4. The van der Waals surface area contributed by atoms with Crippen LogP contribution in [-0.2, 0) is 16.4 Å². The standard InChI is InChI=1S/C18H20N4O2S2/c1-4-15-5-8-18(25-15)26(23,24)22-17-7-6-16(20-21-17)19-14-10-12(2)9-13(3)11-14/h5-11H,4H2,1-3H3,(H,19,20)(H,21,22). The average molecular weight is 389 g/mol. The van der Waals surface area contributed by atoms with E-state index in [9.17, 15) is 8.42 Å². The molecular weight excluding hydrogens is 368 g/mol.